The molecule has 0 aliphatic carbocycles. The van der Waals surface area contributed by atoms with Crippen LogP contribution in [0.25, 0.3) is 0 Å². The van der Waals surface area contributed by atoms with Gasteiger partial charge in [-0.1, -0.05) is 25.6 Å². The predicted molar refractivity (Wildman–Crippen MR) is 143 cm³/mol. The Balaban J connectivity index is 2.05. The number of nitrogens with zero attached hydrogens (tertiary/aromatic N) is 6. The highest BCUT2D eigenvalue weighted by molar-refractivity contribution is 6.00. The lowest BCUT2D eigenvalue weighted by molar-refractivity contribution is -0.119. The summed E-state index contributed by atoms with van der Waals surface area (Å²) in [6.07, 6.45) is 2.77. The van der Waals surface area contributed by atoms with E-state index in [1.54, 1.807) is 31.3 Å². The van der Waals surface area contributed by atoms with E-state index >= 15 is 0 Å². The van der Waals surface area contributed by atoms with E-state index < -0.39 is 11.8 Å². The van der Waals surface area contributed by atoms with Crippen LogP contribution in [-0.2, 0) is 22.4 Å². The van der Waals surface area contributed by atoms with Gasteiger partial charge in [0.25, 0.3) is 0 Å². The highest BCUT2D eigenvalue weighted by atomic mass is 16.2. The van der Waals surface area contributed by atoms with Crippen LogP contribution in [0.15, 0.2) is 36.9 Å². The molecule has 9 heteroatoms. The fraction of sp³-hybridized carbons (Fsp3) is 0.393. The predicted octanol–water partition coefficient (Wildman–Crippen LogP) is 2.49. The minimum Gasteiger partial charge on any atom is -0.369 e. The molecule has 0 saturated carbocycles. The van der Waals surface area contributed by atoms with Gasteiger partial charge in [0.05, 0.1) is 22.7 Å². The Kier molecular flexibility index (Phi) is 9.00. The van der Waals surface area contributed by atoms with Crippen LogP contribution in [0.4, 0.5) is 11.5 Å². The summed E-state index contributed by atoms with van der Waals surface area (Å²) in [5.41, 5.74) is 8.97. The zero-order valence-corrected chi connectivity index (χ0v) is 21.7. The quantitative estimate of drug-likeness (QED) is 0.552. The van der Waals surface area contributed by atoms with Crippen molar-refractivity contribution >= 4 is 23.3 Å². The second-order valence-corrected chi connectivity index (χ2v) is 9.18. The third-order valence-electron chi connectivity index (χ3n) is 6.88. The molecule has 1 fully saturated rings. The number of primary amides is 1. The maximum Gasteiger partial charge on any atom is 0.250 e. The van der Waals surface area contributed by atoms with Crippen molar-refractivity contribution in [3.8, 4) is 12.1 Å². The highest BCUT2D eigenvalue weighted by Gasteiger charge is 2.27. The van der Waals surface area contributed by atoms with Crippen molar-refractivity contribution in [1.82, 2.24) is 9.88 Å². The van der Waals surface area contributed by atoms with Gasteiger partial charge in [-0.15, -0.1) is 0 Å². The Hall–Kier alpha value is -4.21. The highest BCUT2D eigenvalue weighted by Crippen LogP contribution is 2.31. The monoisotopic (exact) mass is 499 g/mol. The number of amides is 2. The summed E-state index contributed by atoms with van der Waals surface area (Å²) in [6.45, 7) is 8.66. The molecule has 9 nitrogen and oxygen atoms in total. The number of nitriles is 2. The lowest BCUT2D eigenvalue weighted by atomic mass is 9.89. The number of carbonyl (C=O) groups is 2. The van der Waals surface area contributed by atoms with Crippen LogP contribution >= 0.6 is 0 Å². The molecule has 1 saturated heterocycles. The van der Waals surface area contributed by atoms with Crippen LogP contribution in [0.2, 0.25) is 0 Å². The van der Waals surface area contributed by atoms with Gasteiger partial charge in [-0.05, 0) is 55.8 Å². The summed E-state index contributed by atoms with van der Waals surface area (Å²) in [5, 5.41) is 20.1. The SMILES string of the molecule is C=CC(=O)N(C)c1ccc(C(Cc2nc(N3CCCN(C)CC3)c(C#N)c(CC)c2C#N)C(N)=O)cc1. The van der Waals surface area contributed by atoms with E-state index in [2.05, 4.69) is 35.6 Å². The maximum atomic E-state index is 12.6. The maximum absolute atomic E-state index is 12.6. The van der Waals surface area contributed by atoms with E-state index in [1.165, 1.54) is 11.0 Å². The van der Waals surface area contributed by atoms with Crippen LogP contribution in [0.5, 0.6) is 0 Å². The fourth-order valence-electron chi connectivity index (χ4n) is 4.68. The molecule has 3 rings (SSSR count). The van der Waals surface area contributed by atoms with E-state index in [1.807, 2.05) is 6.92 Å². The van der Waals surface area contributed by atoms with Crippen LogP contribution in [0, 0.1) is 22.7 Å². The summed E-state index contributed by atoms with van der Waals surface area (Å²) < 4.78 is 0. The van der Waals surface area contributed by atoms with Crippen LogP contribution in [0.3, 0.4) is 0 Å². The first kappa shape index (κ1) is 27.4. The molecular formula is C28H33N7O2. The Morgan fingerprint density at radius 3 is 2.41 bits per heavy atom. The number of carbonyl (C=O) groups excluding carboxylic acids is 2. The molecule has 0 bridgehead atoms. The van der Waals surface area contributed by atoms with Crippen molar-refractivity contribution in [3.05, 3.63) is 64.9 Å². The smallest absolute Gasteiger partial charge is 0.250 e. The molecule has 1 aliphatic heterocycles. The van der Waals surface area contributed by atoms with Crippen molar-refractivity contribution in [1.29, 1.82) is 10.5 Å². The number of benzene rings is 1. The van der Waals surface area contributed by atoms with Gasteiger partial charge >= 0.3 is 0 Å². The number of hydrogen-bond acceptors (Lipinski definition) is 7. The third kappa shape index (κ3) is 5.96. The third-order valence-corrected chi connectivity index (χ3v) is 6.88. The number of likely N-dealkylation sites (N-methyl/N-ethyl adjacent to an activating group) is 2. The molecule has 1 aromatic carbocycles. The number of aromatic nitrogens is 1. The van der Waals surface area contributed by atoms with Crippen molar-refractivity contribution < 1.29 is 9.59 Å². The lowest BCUT2D eigenvalue weighted by Gasteiger charge is -2.26. The van der Waals surface area contributed by atoms with Crippen molar-refractivity contribution in [2.24, 2.45) is 5.73 Å². The summed E-state index contributed by atoms with van der Waals surface area (Å²) in [4.78, 5) is 35.1. The zero-order valence-electron chi connectivity index (χ0n) is 21.7. The van der Waals surface area contributed by atoms with E-state index in [0.29, 0.717) is 52.4 Å². The fourth-order valence-corrected chi connectivity index (χ4v) is 4.68. The average Bonchev–Trinajstić information content (AvgIpc) is 3.13. The Labute approximate surface area is 218 Å². The van der Waals surface area contributed by atoms with E-state index in [9.17, 15) is 20.1 Å². The molecule has 1 unspecified atom stereocenters. The number of rotatable bonds is 8. The summed E-state index contributed by atoms with van der Waals surface area (Å²) in [7, 11) is 3.70. The van der Waals surface area contributed by atoms with Gasteiger partial charge in [0, 0.05) is 38.8 Å². The Morgan fingerprint density at radius 2 is 1.84 bits per heavy atom. The van der Waals surface area contributed by atoms with Crippen molar-refractivity contribution in [2.45, 2.75) is 32.1 Å². The van der Waals surface area contributed by atoms with E-state index in [-0.39, 0.29) is 12.3 Å². The van der Waals surface area contributed by atoms with Gasteiger partial charge in [-0.2, -0.15) is 10.5 Å². The first-order valence-corrected chi connectivity index (χ1v) is 12.3. The molecule has 1 aliphatic rings. The standard InChI is InChI=1S/C28H33N7O2/c1-5-21-23(17-29)25(32-28(24(21)18-30)35-13-7-12-33(3)14-15-35)16-22(27(31)37)19-8-10-20(11-9-19)34(4)26(36)6-2/h6,8-11,22H,2,5,7,12-16H2,1,3-4H3,(H2,31,37). The largest absolute Gasteiger partial charge is 0.369 e. The van der Waals surface area contributed by atoms with Gasteiger partial charge in [-0.3, -0.25) is 9.59 Å². The zero-order chi connectivity index (χ0) is 27.1. The molecule has 1 atom stereocenters. The Morgan fingerprint density at radius 1 is 1.16 bits per heavy atom. The van der Waals surface area contributed by atoms with Crippen LogP contribution in [0.1, 0.15) is 47.2 Å². The van der Waals surface area contributed by atoms with E-state index in [0.717, 1.165) is 26.1 Å². The molecular weight excluding hydrogens is 466 g/mol. The lowest BCUT2D eigenvalue weighted by Crippen LogP contribution is -2.31. The van der Waals surface area contributed by atoms with Crippen LogP contribution < -0.4 is 15.5 Å². The molecule has 0 radical (unpaired) electrons. The molecule has 37 heavy (non-hydrogen) atoms. The molecule has 1 aromatic heterocycles. The number of hydrogen-bond donors (Lipinski definition) is 1. The van der Waals surface area contributed by atoms with Crippen molar-refractivity contribution in [2.75, 3.05) is 50.1 Å². The first-order chi connectivity index (χ1) is 17.7. The molecule has 2 heterocycles. The molecule has 2 N–H and O–H groups in total. The van der Waals surface area contributed by atoms with Gasteiger partial charge in [0.15, 0.2) is 0 Å². The topological polar surface area (TPSA) is 130 Å². The van der Waals surface area contributed by atoms with Gasteiger partial charge in [0.2, 0.25) is 11.8 Å². The average molecular weight is 500 g/mol. The number of anilines is 2. The number of nitrogens with two attached hydrogens (primary N) is 1. The van der Waals surface area contributed by atoms with Gasteiger partial charge < -0.3 is 20.4 Å². The summed E-state index contributed by atoms with van der Waals surface area (Å²) in [5.74, 6) is -0.977. The summed E-state index contributed by atoms with van der Waals surface area (Å²) >= 11 is 0. The molecule has 192 valence electrons. The minimum absolute atomic E-state index is 0.123. The van der Waals surface area contributed by atoms with Crippen molar-refractivity contribution in [3.63, 3.8) is 0 Å². The van der Waals surface area contributed by atoms with Gasteiger partial charge in [0.1, 0.15) is 18.0 Å². The van der Waals surface area contributed by atoms with Crippen LogP contribution in [-0.4, -0.2) is 62.0 Å². The molecule has 2 amide bonds. The molecule has 0 spiro atoms. The second-order valence-electron chi connectivity index (χ2n) is 9.18. The number of pyridine rings is 1. The Bertz CT molecular complexity index is 1260. The first-order valence-electron chi connectivity index (χ1n) is 12.3. The van der Waals surface area contributed by atoms with Gasteiger partial charge in [-0.25, -0.2) is 4.98 Å². The minimum atomic E-state index is -0.741. The normalized spacial score (nSPS) is 14.7. The van der Waals surface area contributed by atoms with E-state index in [4.69, 9.17) is 10.7 Å². The second kappa shape index (κ2) is 12.2. The molecule has 2 aromatic rings. The summed E-state index contributed by atoms with van der Waals surface area (Å²) in [6, 6.07) is 11.5.